The maximum atomic E-state index is 14.2. The van der Waals surface area contributed by atoms with E-state index in [0.717, 1.165) is 78.0 Å². The topological polar surface area (TPSA) is 33.6 Å². The zero-order valence-electron chi connectivity index (χ0n) is 28.4. The summed E-state index contributed by atoms with van der Waals surface area (Å²) < 4.78 is 88.9. The molecule has 2 heterocycles. The molecule has 0 aliphatic rings. The Morgan fingerprint density at radius 1 is 0.442 bits per heavy atom. The average molecular weight is 702 g/mol. The van der Waals surface area contributed by atoms with E-state index in [1.165, 1.54) is 12.1 Å². The van der Waals surface area contributed by atoms with Crippen LogP contribution in [0.15, 0.2) is 103 Å². The van der Waals surface area contributed by atoms with Crippen molar-refractivity contribution in [3.05, 3.63) is 142 Å². The molecule has 0 aliphatic heterocycles. The van der Waals surface area contributed by atoms with Crippen LogP contribution in [0, 0.1) is 39.0 Å². The Morgan fingerprint density at radius 2 is 0.750 bits per heavy atom. The van der Waals surface area contributed by atoms with Crippen LogP contribution >= 0.6 is 0 Å². The normalized spacial score (nSPS) is 12.4. The van der Waals surface area contributed by atoms with Gasteiger partial charge in [0.25, 0.3) is 0 Å². The Hall–Kier alpha value is -6.01. The first-order chi connectivity index (χ1) is 24.6. The number of aryl methyl sites for hydroxylation is 4. The van der Waals surface area contributed by atoms with Crippen molar-refractivity contribution in [3.8, 4) is 28.6 Å². The van der Waals surface area contributed by atoms with Crippen LogP contribution in [0.5, 0.6) is 0 Å². The number of benzene rings is 6. The van der Waals surface area contributed by atoms with E-state index in [1.54, 1.807) is 0 Å². The number of alkyl halides is 6. The van der Waals surface area contributed by atoms with E-state index in [9.17, 15) is 31.6 Å². The molecule has 3 nitrogen and oxygen atoms in total. The Morgan fingerprint density at radius 3 is 1.04 bits per heavy atom. The van der Waals surface area contributed by atoms with Crippen LogP contribution in [0.2, 0.25) is 0 Å². The second-order valence-electron chi connectivity index (χ2n) is 13.5. The summed E-state index contributed by atoms with van der Waals surface area (Å²) in [6, 6.07) is 30.6. The molecule has 0 amide bonds. The lowest BCUT2D eigenvalue weighted by atomic mass is 9.96. The van der Waals surface area contributed by atoms with Gasteiger partial charge in [-0.25, -0.2) is 0 Å². The first-order valence-corrected chi connectivity index (χ1v) is 16.5. The minimum absolute atomic E-state index is 0.0871. The molecule has 0 fully saturated rings. The Bertz CT molecular complexity index is 2530. The molecule has 0 saturated heterocycles. The molecule has 0 spiro atoms. The van der Waals surface area contributed by atoms with Crippen LogP contribution in [0.25, 0.3) is 66.1 Å². The quantitative estimate of drug-likeness (QED) is 0.169. The van der Waals surface area contributed by atoms with Gasteiger partial charge in [0.1, 0.15) is 11.6 Å². The standard InChI is InChI=1S/C43H29F6N3/c1-23-5-9-36-31(13-23)32-14-24(2)6-10-37(32)51(36)40-19-28(27-17-29(42(44,45)46)21-30(18-27)43(47,48)49)20-41(35(40)22-50)52-38-11-7-25(3)15-33(38)34-16-26(4)8-12-39(34)52/h5-21H,1-4H3. The second kappa shape index (κ2) is 11.5. The summed E-state index contributed by atoms with van der Waals surface area (Å²) in [7, 11) is 0. The highest BCUT2D eigenvalue weighted by Crippen LogP contribution is 2.43. The largest absolute Gasteiger partial charge is 0.416 e. The minimum Gasteiger partial charge on any atom is -0.308 e. The molecule has 0 unspecified atom stereocenters. The van der Waals surface area contributed by atoms with Gasteiger partial charge < -0.3 is 9.13 Å². The number of fused-ring (bicyclic) bond motifs is 6. The van der Waals surface area contributed by atoms with Crippen molar-refractivity contribution in [1.29, 1.82) is 5.26 Å². The van der Waals surface area contributed by atoms with Gasteiger partial charge in [0.2, 0.25) is 0 Å². The molecular weight excluding hydrogens is 672 g/mol. The zero-order chi connectivity index (χ0) is 36.9. The van der Waals surface area contributed by atoms with Crippen LogP contribution in [0.4, 0.5) is 26.3 Å². The number of rotatable bonds is 3. The third-order valence-corrected chi connectivity index (χ3v) is 9.76. The van der Waals surface area contributed by atoms with Crippen LogP contribution < -0.4 is 0 Å². The monoisotopic (exact) mass is 701 g/mol. The van der Waals surface area contributed by atoms with Crippen LogP contribution in [0.3, 0.4) is 0 Å². The SMILES string of the molecule is Cc1ccc2c(c1)c1cc(C)ccc1n2-c1cc(-c2cc(C(F)(F)F)cc(C(F)(F)F)c2)cc(-n2c3ccc(C)cc3c3cc(C)ccc32)c1C#N. The number of hydrogen-bond acceptors (Lipinski definition) is 1. The average Bonchev–Trinajstić information content (AvgIpc) is 3.57. The lowest BCUT2D eigenvalue weighted by Gasteiger charge is -2.20. The number of aromatic nitrogens is 2. The smallest absolute Gasteiger partial charge is 0.308 e. The molecule has 0 bridgehead atoms. The lowest BCUT2D eigenvalue weighted by molar-refractivity contribution is -0.143. The summed E-state index contributed by atoms with van der Waals surface area (Å²) in [5, 5.41) is 14.6. The number of nitriles is 1. The number of halogens is 6. The van der Waals surface area contributed by atoms with E-state index in [2.05, 4.69) is 6.07 Å². The van der Waals surface area contributed by atoms with E-state index in [4.69, 9.17) is 0 Å². The predicted octanol–water partition coefficient (Wildman–Crippen LogP) is 12.7. The van der Waals surface area contributed by atoms with Crippen LogP contribution in [-0.4, -0.2) is 9.13 Å². The van der Waals surface area contributed by atoms with Crippen molar-refractivity contribution in [1.82, 2.24) is 9.13 Å². The number of nitrogens with zero attached hydrogens (tertiary/aromatic N) is 3. The van der Waals surface area contributed by atoms with E-state index < -0.39 is 23.5 Å². The van der Waals surface area contributed by atoms with E-state index >= 15 is 0 Å². The summed E-state index contributed by atoms with van der Waals surface area (Å²) in [4.78, 5) is 0. The van der Waals surface area contributed by atoms with Crippen molar-refractivity contribution >= 4 is 43.6 Å². The van der Waals surface area contributed by atoms with Gasteiger partial charge in [0, 0.05) is 21.5 Å². The fourth-order valence-electron chi connectivity index (χ4n) is 7.39. The summed E-state index contributed by atoms with van der Waals surface area (Å²) in [6.07, 6.45) is -10.1. The van der Waals surface area contributed by atoms with E-state index in [1.807, 2.05) is 110 Å². The Kier molecular flexibility index (Phi) is 7.33. The van der Waals surface area contributed by atoms with Gasteiger partial charge in [-0.1, -0.05) is 46.5 Å². The molecule has 0 radical (unpaired) electrons. The highest BCUT2D eigenvalue weighted by atomic mass is 19.4. The minimum atomic E-state index is -5.04. The molecule has 8 aromatic rings. The highest BCUT2D eigenvalue weighted by molar-refractivity contribution is 6.11. The van der Waals surface area contributed by atoms with Crippen molar-refractivity contribution in [2.24, 2.45) is 0 Å². The molecular formula is C43H29F6N3. The molecule has 0 N–H and O–H groups in total. The second-order valence-corrected chi connectivity index (χ2v) is 13.5. The van der Waals surface area contributed by atoms with E-state index in [-0.39, 0.29) is 22.8 Å². The van der Waals surface area contributed by atoms with Gasteiger partial charge in [-0.2, -0.15) is 31.6 Å². The fraction of sp³-hybridized carbons (Fsp3) is 0.140. The van der Waals surface area contributed by atoms with Crippen molar-refractivity contribution in [3.63, 3.8) is 0 Å². The molecule has 0 aliphatic carbocycles. The van der Waals surface area contributed by atoms with Crippen LogP contribution in [-0.2, 0) is 12.4 Å². The first-order valence-electron chi connectivity index (χ1n) is 16.5. The molecule has 8 rings (SSSR count). The molecule has 258 valence electrons. The van der Waals surface area contributed by atoms with Gasteiger partial charge in [-0.05, 0) is 118 Å². The van der Waals surface area contributed by atoms with Gasteiger partial charge in [-0.15, -0.1) is 0 Å². The molecule has 9 heteroatoms. The lowest BCUT2D eigenvalue weighted by Crippen LogP contribution is -2.11. The van der Waals surface area contributed by atoms with Crippen molar-refractivity contribution in [2.45, 2.75) is 40.0 Å². The van der Waals surface area contributed by atoms with Crippen molar-refractivity contribution in [2.75, 3.05) is 0 Å². The maximum absolute atomic E-state index is 14.2. The van der Waals surface area contributed by atoms with Gasteiger partial charge in [0.15, 0.2) is 0 Å². The molecule has 52 heavy (non-hydrogen) atoms. The molecule has 0 saturated carbocycles. The summed E-state index contributed by atoms with van der Waals surface area (Å²) in [5.41, 5.74) is 4.76. The van der Waals surface area contributed by atoms with Crippen molar-refractivity contribution < 1.29 is 26.3 Å². The first kappa shape index (κ1) is 33.2. The number of hydrogen-bond donors (Lipinski definition) is 0. The molecule has 2 aromatic heterocycles. The van der Waals surface area contributed by atoms with Gasteiger partial charge >= 0.3 is 12.4 Å². The van der Waals surface area contributed by atoms with E-state index in [0.29, 0.717) is 11.4 Å². The third kappa shape index (κ3) is 5.29. The summed E-state index contributed by atoms with van der Waals surface area (Å²) in [5.74, 6) is 0. The maximum Gasteiger partial charge on any atom is 0.416 e. The molecule has 6 aromatic carbocycles. The van der Waals surface area contributed by atoms with Crippen LogP contribution in [0.1, 0.15) is 38.9 Å². The Labute approximate surface area is 294 Å². The third-order valence-electron chi connectivity index (χ3n) is 9.76. The Balaban J connectivity index is 1.57. The highest BCUT2D eigenvalue weighted by Gasteiger charge is 2.37. The zero-order valence-corrected chi connectivity index (χ0v) is 28.4. The summed E-state index contributed by atoms with van der Waals surface area (Å²) in [6.45, 7) is 7.87. The van der Waals surface area contributed by atoms with Gasteiger partial charge in [0.05, 0.1) is 44.6 Å². The summed E-state index contributed by atoms with van der Waals surface area (Å²) >= 11 is 0. The predicted molar refractivity (Wildman–Crippen MR) is 194 cm³/mol. The van der Waals surface area contributed by atoms with Gasteiger partial charge in [-0.3, -0.25) is 0 Å². The fourth-order valence-corrected chi connectivity index (χ4v) is 7.39. The molecule has 0 atom stereocenters.